The molecule has 0 N–H and O–H groups in total. The van der Waals surface area contributed by atoms with Gasteiger partial charge in [0, 0.05) is 61.0 Å². The summed E-state index contributed by atoms with van der Waals surface area (Å²) < 4.78 is 4.62. The standard InChI is InChI=1S/C50H31N5S/c1-4-13-32(14-5-1)35-19-12-20-37(27-35)49-52-48(34-17-8-3-9-18-34)53-50(54-49)43-30-38(29-42-41-25-26-51-31-46(41)56-47(42)43)55-44-22-11-10-21-39(44)40-24-23-36(28-45(40)55)33-15-6-2-7-16-33/h1-31H. The Labute approximate surface area is 326 Å². The molecule has 56 heavy (non-hydrogen) atoms. The van der Waals surface area contributed by atoms with Crippen molar-refractivity contribution in [2.24, 2.45) is 0 Å². The van der Waals surface area contributed by atoms with Crippen molar-refractivity contribution in [2.45, 2.75) is 0 Å². The zero-order valence-corrected chi connectivity index (χ0v) is 30.9. The van der Waals surface area contributed by atoms with Crippen LogP contribution in [0.3, 0.4) is 0 Å². The zero-order chi connectivity index (χ0) is 37.0. The van der Waals surface area contributed by atoms with E-state index in [1.54, 1.807) is 11.3 Å². The van der Waals surface area contributed by atoms with Gasteiger partial charge in [0.1, 0.15) is 0 Å². The number of thiophene rings is 1. The maximum Gasteiger partial charge on any atom is 0.165 e. The first-order valence-electron chi connectivity index (χ1n) is 18.6. The minimum absolute atomic E-state index is 0.621. The molecule has 5 nitrogen and oxygen atoms in total. The van der Waals surface area contributed by atoms with E-state index in [9.17, 15) is 0 Å². The summed E-state index contributed by atoms with van der Waals surface area (Å²) in [6.45, 7) is 0. The van der Waals surface area contributed by atoms with Gasteiger partial charge in [0.25, 0.3) is 0 Å². The number of para-hydroxylation sites is 1. The predicted octanol–water partition coefficient (Wildman–Crippen LogP) is 13.1. The third-order valence-corrected chi connectivity index (χ3v) is 11.7. The molecule has 0 amide bonds. The first-order chi connectivity index (χ1) is 27.7. The summed E-state index contributed by atoms with van der Waals surface area (Å²) >= 11 is 1.73. The fraction of sp³-hybridized carbons (Fsp3) is 0. The lowest BCUT2D eigenvalue weighted by molar-refractivity contribution is 1.07. The van der Waals surface area contributed by atoms with E-state index in [2.05, 4.69) is 161 Å². The van der Waals surface area contributed by atoms with Crippen LogP contribution < -0.4 is 0 Å². The number of hydrogen-bond acceptors (Lipinski definition) is 5. The van der Waals surface area contributed by atoms with Crippen molar-refractivity contribution >= 4 is 53.3 Å². The highest BCUT2D eigenvalue weighted by Crippen LogP contribution is 2.43. The average molecular weight is 734 g/mol. The van der Waals surface area contributed by atoms with E-state index in [-0.39, 0.29) is 0 Å². The Morgan fingerprint density at radius 1 is 0.393 bits per heavy atom. The van der Waals surface area contributed by atoms with Crippen LogP contribution in [0.4, 0.5) is 0 Å². The van der Waals surface area contributed by atoms with Crippen LogP contribution in [0.15, 0.2) is 188 Å². The lowest BCUT2D eigenvalue weighted by Gasteiger charge is -2.14. The predicted molar refractivity (Wildman–Crippen MR) is 232 cm³/mol. The maximum absolute atomic E-state index is 5.31. The second-order valence-electron chi connectivity index (χ2n) is 13.9. The molecule has 0 unspecified atom stereocenters. The Hall–Kier alpha value is -7.28. The van der Waals surface area contributed by atoms with Gasteiger partial charge < -0.3 is 4.57 Å². The summed E-state index contributed by atoms with van der Waals surface area (Å²) in [4.78, 5) is 20.2. The van der Waals surface area contributed by atoms with Gasteiger partial charge in [0.05, 0.1) is 15.7 Å². The fourth-order valence-corrected chi connectivity index (χ4v) is 9.04. The van der Waals surface area contributed by atoms with Crippen LogP contribution in [0.1, 0.15) is 0 Å². The van der Waals surface area contributed by atoms with Gasteiger partial charge in [-0.25, -0.2) is 15.0 Å². The van der Waals surface area contributed by atoms with Crippen LogP contribution >= 0.6 is 11.3 Å². The highest BCUT2D eigenvalue weighted by atomic mass is 32.1. The smallest absolute Gasteiger partial charge is 0.165 e. The molecular weight excluding hydrogens is 703 g/mol. The molecule has 4 aromatic heterocycles. The van der Waals surface area contributed by atoms with E-state index >= 15 is 0 Å². The third-order valence-electron chi connectivity index (χ3n) is 10.5. The lowest BCUT2D eigenvalue weighted by atomic mass is 10.0. The second-order valence-corrected chi connectivity index (χ2v) is 15.0. The van der Waals surface area contributed by atoms with Crippen molar-refractivity contribution in [3.05, 3.63) is 188 Å². The van der Waals surface area contributed by atoms with Gasteiger partial charge >= 0.3 is 0 Å². The van der Waals surface area contributed by atoms with Crippen molar-refractivity contribution in [1.82, 2.24) is 24.5 Å². The summed E-state index contributed by atoms with van der Waals surface area (Å²) in [7, 11) is 0. The third kappa shape index (κ3) is 5.46. The molecule has 0 bridgehead atoms. The first kappa shape index (κ1) is 32.2. The van der Waals surface area contributed by atoms with Crippen molar-refractivity contribution < 1.29 is 0 Å². The topological polar surface area (TPSA) is 56.5 Å². The molecule has 0 spiro atoms. The van der Waals surface area contributed by atoms with E-state index < -0.39 is 0 Å². The molecule has 4 heterocycles. The highest BCUT2D eigenvalue weighted by Gasteiger charge is 2.21. The molecule has 0 aliphatic rings. The SMILES string of the molecule is c1ccc(-c2cccc(-c3nc(-c4ccccc4)nc(-c4cc(-n5c6ccccc6c6ccc(-c7ccccc7)cc65)cc5c4sc4cnccc45)n3)c2)cc1. The summed E-state index contributed by atoms with van der Waals surface area (Å²) in [5.41, 5.74) is 10.7. The van der Waals surface area contributed by atoms with Crippen molar-refractivity contribution in [1.29, 1.82) is 0 Å². The summed E-state index contributed by atoms with van der Waals surface area (Å²) in [6, 6.07) is 61.8. The molecule has 0 atom stereocenters. The number of hydrogen-bond donors (Lipinski definition) is 0. The fourth-order valence-electron chi connectivity index (χ4n) is 7.88. The Morgan fingerprint density at radius 2 is 1.00 bits per heavy atom. The van der Waals surface area contributed by atoms with Gasteiger partial charge in [0.15, 0.2) is 17.5 Å². The Morgan fingerprint density at radius 3 is 1.77 bits per heavy atom. The van der Waals surface area contributed by atoms with Crippen molar-refractivity contribution in [3.63, 3.8) is 0 Å². The largest absolute Gasteiger partial charge is 0.309 e. The molecule has 11 aromatic rings. The van der Waals surface area contributed by atoms with E-state index in [1.807, 2.05) is 36.7 Å². The zero-order valence-electron chi connectivity index (χ0n) is 30.0. The van der Waals surface area contributed by atoms with Gasteiger partial charge in [-0.15, -0.1) is 11.3 Å². The van der Waals surface area contributed by atoms with E-state index in [4.69, 9.17) is 15.0 Å². The minimum atomic E-state index is 0.621. The summed E-state index contributed by atoms with van der Waals surface area (Å²) in [5, 5.41) is 4.70. The van der Waals surface area contributed by atoms with E-state index in [0.717, 1.165) is 64.7 Å². The van der Waals surface area contributed by atoms with Crippen LogP contribution in [0.2, 0.25) is 0 Å². The number of pyridine rings is 1. The molecule has 0 aliphatic carbocycles. The number of fused-ring (bicyclic) bond motifs is 6. The van der Waals surface area contributed by atoms with Crippen LogP contribution in [-0.4, -0.2) is 24.5 Å². The lowest BCUT2D eigenvalue weighted by Crippen LogP contribution is -2.01. The molecule has 11 rings (SSSR count). The van der Waals surface area contributed by atoms with Gasteiger partial charge in [-0.05, 0) is 58.7 Å². The Balaban J connectivity index is 1.20. The van der Waals surface area contributed by atoms with Crippen molar-refractivity contribution in [3.8, 4) is 62.1 Å². The molecule has 0 radical (unpaired) electrons. The van der Waals surface area contributed by atoms with Crippen LogP contribution in [0, 0.1) is 0 Å². The quantitative estimate of drug-likeness (QED) is 0.171. The monoisotopic (exact) mass is 733 g/mol. The normalized spacial score (nSPS) is 11.6. The molecule has 262 valence electrons. The van der Waals surface area contributed by atoms with E-state index in [1.165, 1.54) is 21.9 Å². The van der Waals surface area contributed by atoms with Crippen LogP contribution in [0.5, 0.6) is 0 Å². The van der Waals surface area contributed by atoms with Crippen LogP contribution in [0.25, 0.3) is 104 Å². The molecule has 6 heteroatoms. The molecule has 0 fully saturated rings. The molecule has 7 aromatic carbocycles. The second kappa shape index (κ2) is 13.2. The summed E-state index contributed by atoms with van der Waals surface area (Å²) in [5.74, 6) is 1.87. The molecule has 0 saturated carbocycles. The number of nitrogens with zero attached hydrogens (tertiary/aromatic N) is 5. The van der Waals surface area contributed by atoms with Gasteiger partial charge in [-0.1, -0.05) is 140 Å². The summed E-state index contributed by atoms with van der Waals surface area (Å²) in [6.07, 6.45) is 3.83. The van der Waals surface area contributed by atoms with Crippen molar-refractivity contribution in [2.75, 3.05) is 0 Å². The van der Waals surface area contributed by atoms with E-state index in [0.29, 0.717) is 17.5 Å². The average Bonchev–Trinajstić information content (AvgIpc) is 3.82. The van der Waals surface area contributed by atoms with Gasteiger partial charge in [-0.3, -0.25) is 4.98 Å². The first-order valence-corrected chi connectivity index (χ1v) is 19.4. The Kier molecular flexibility index (Phi) is 7.60. The number of aromatic nitrogens is 5. The van der Waals surface area contributed by atoms with Crippen LogP contribution in [-0.2, 0) is 0 Å². The van der Waals surface area contributed by atoms with Gasteiger partial charge in [0.2, 0.25) is 0 Å². The molecule has 0 saturated heterocycles. The van der Waals surface area contributed by atoms with Gasteiger partial charge in [-0.2, -0.15) is 0 Å². The minimum Gasteiger partial charge on any atom is -0.309 e. The number of benzene rings is 7. The highest BCUT2D eigenvalue weighted by molar-refractivity contribution is 7.26. The maximum atomic E-state index is 5.31. The molecular formula is C50H31N5S. The number of rotatable bonds is 6. The Bertz CT molecular complexity index is 3240. The molecule has 0 aliphatic heterocycles.